The highest BCUT2D eigenvalue weighted by atomic mass is 35.5. The maximum atomic E-state index is 12.3. The van der Waals surface area contributed by atoms with Crippen LogP contribution < -0.4 is 10.6 Å². The van der Waals surface area contributed by atoms with Crippen LogP contribution in [0, 0.1) is 6.92 Å². The van der Waals surface area contributed by atoms with Crippen molar-refractivity contribution >= 4 is 41.8 Å². The van der Waals surface area contributed by atoms with Crippen molar-refractivity contribution in [3.05, 3.63) is 11.8 Å². The van der Waals surface area contributed by atoms with E-state index in [-0.39, 0.29) is 35.5 Å². The van der Waals surface area contributed by atoms with Gasteiger partial charge in [0.2, 0.25) is 11.8 Å². The van der Waals surface area contributed by atoms with Gasteiger partial charge in [0.05, 0.1) is 11.0 Å². The van der Waals surface area contributed by atoms with E-state index in [1.54, 1.807) is 19.9 Å². The second kappa shape index (κ2) is 9.90. The fraction of sp³-hybridized carbons (Fsp3) is 0.667. The number of nitrogens with zero attached hydrogens (tertiary/aromatic N) is 2. The summed E-state index contributed by atoms with van der Waals surface area (Å²) >= 11 is 1.34. The van der Waals surface area contributed by atoms with Gasteiger partial charge in [-0.15, -0.1) is 24.2 Å². The van der Waals surface area contributed by atoms with Crippen molar-refractivity contribution in [2.75, 3.05) is 31.2 Å². The molecule has 2 atom stereocenters. The number of nitrogens with one attached hydrogen (secondary N) is 2. The molecule has 0 aromatic carbocycles. The fourth-order valence-corrected chi connectivity index (χ4v) is 3.39. The number of amides is 2. The van der Waals surface area contributed by atoms with Crippen LogP contribution in [0.2, 0.25) is 0 Å². The lowest BCUT2D eigenvalue weighted by Crippen LogP contribution is -2.42. The maximum Gasteiger partial charge on any atom is 0.238 e. The summed E-state index contributed by atoms with van der Waals surface area (Å²) in [5, 5.41) is 9.21. The standard InChI is InChI=1S/C15H24N4O3S.ClH/c1-10-7-13(18-22-10)17-15(21)11(2)23-9-14(20)19-6-4-5-12(19)8-16-3;/h7,11-12,16H,4-6,8-9H2,1-3H3,(H,17,18,21);1H. The van der Waals surface area contributed by atoms with Crippen molar-refractivity contribution in [2.45, 2.75) is 38.0 Å². The molecule has 1 aliphatic rings. The molecule has 1 aromatic heterocycles. The number of carbonyl (C=O) groups is 2. The quantitative estimate of drug-likeness (QED) is 0.752. The summed E-state index contributed by atoms with van der Waals surface area (Å²) in [6.45, 7) is 5.18. The zero-order valence-electron chi connectivity index (χ0n) is 14.2. The van der Waals surface area contributed by atoms with E-state index in [0.717, 1.165) is 25.9 Å². The van der Waals surface area contributed by atoms with Gasteiger partial charge in [-0.25, -0.2) is 0 Å². The molecule has 2 rings (SSSR count). The van der Waals surface area contributed by atoms with Crippen LogP contribution in [0.5, 0.6) is 0 Å². The van der Waals surface area contributed by atoms with E-state index in [4.69, 9.17) is 4.52 Å². The lowest BCUT2D eigenvalue weighted by molar-refractivity contribution is -0.129. The van der Waals surface area contributed by atoms with Crippen molar-refractivity contribution in [1.29, 1.82) is 0 Å². The van der Waals surface area contributed by atoms with Crippen molar-refractivity contribution < 1.29 is 14.1 Å². The summed E-state index contributed by atoms with van der Waals surface area (Å²) in [5.41, 5.74) is 0. The molecule has 136 valence electrons. The number of thioether (sulfide) groups is 1. The molecule has 1 saturated heterocycles. The highest BCUT2D eigenvalue weighted by Gasteiger charge is 2.28. The summed E-state index contributed by atoms with van der Waals surface area (Å²) in [5.74, 6) is 1.28. The first-order valence-corrected chi connectivity index (χ1v) is 8.86. The van der Waals surface area contributed by atoms with Crippen LogP contribution in [0.25, 0.3) is 0 Å². The van der Waals surface area contributed by atoms with Crippen molar-refractivity contribution in [2.24, 2.45) is 0 Å². The zero-order valence-corrected chi connectivity index (χ0v) is 15.8. The molecule has 24 heavy (non-hydrogen) atoms. The molecule has 0 radical (unpaired) electrons. The first-order chi connectivity index (χ1) is 11.0. The van der Waals surface area contributed by atoms with Gasteiger partial charge >= 0.3 is 0 Å². The number of likely N-dealkylation sites (tertiary alicyclic amines) is 1. The number of rotatable bonds is 7. The Morgan fingerprint density at radius 1 is 1.54 bits per heavy atom. The molecule has 9 heteroatoms. The van der Waals surface area contributed by atoms with E-state index in [9.17, 15) is 9.59 Å². The first kappa shape index (κ1) is 20.8. The molecule has 7 nitrogen and oxygen atoms in total. The van der Waals surface area contributed by atoms with Crippen LogP contribution in [0.4, 0.5) is 5.82 Å². The molecule has 2 amide bonds. The number of hydrogen-bond acceptors (Lipinski definition) is 6. The van der Waals surface area contributed by atoms with Crippen LogP contribution in [-0.4, -0.2) is 59.1 Å². The topological polar surface area (TPSA) is 87.5 Å². The molecule has 0 bridgehead atoms. The number of aryl methyl sites for hydroxylation is 1. The summed E-state index contributed by atoms with van der Waals surface area (Å²) in [4.78, 5) is 26.3. The predicted octanol–water partition coefficient (Wildman–Crippen LogP) is 1.68. The lowest BCUT2D eigenvalue weighted by Gasteiger charge is -2.24. The third-order valence-electron chi connectivity index (χ3n) is 3.84. The van der Waals surface area contributed by atoms with E-state index in [1.165, 1.54) is 11.8 Å². The molecule has 0 saturated carbocycles. The van der Waals surface area contributed by atoms with Crippen LogP contribution in [0.1, 0.15) is 25.5 Å². The minimum absolute atomic E-state index is 0. The second-order valence-corrected chi connectivity index (χ2v) is 7.04. The number of halogens is 1. The third kappa shape index (κ3) is 5.68. The van der Waals surface area contributed by atoms with Gasteiger partial charge in [0.1, 0.15) is 5.76 Å². The Morgan fingerprint density at radius 2 is 2.29 bits per heavy atom. The van der Waals surface area contributed by atoms with Gasteiger partial charge in [0.15, 0.2) is 5.82 Å². The number of carbonyl (C=O) groups excluding carboxylic acids is 2. The van der Waals surface area contributed by atoms with Gasteiger partial charge in [-0.3, -0.25) is 9.59 Å². The van der Waals surface area contributed by atoms with Crippen LogP contribution in [0.3, 0.4) is 0 Å². The smallest absolute Gasteiger partial charge is 0.238 e. The SMILES string of the molecule is CNCC1CCCN1C(=O)CSC(C)C(=O)Nc1cc(C)on1.Cl. The minimum atomic E-state index is -0.332. The van der Waals surface area contributed by atoms with E-state index >= 15 is 0 Å². The Hall–Kier alpha value is -1.25. The van der Waals surface area contributed by atoms with Crippen LogP contribution in [-0.2, 0) is 9.59 Å². The van der Waals surface area contributed by atoms with Crippen molar-refractivity contribution in [3.63, 3.8) is 0 Å². The van der Waals surface area contributed by atoms with Gasteiger partial charge in [0, 0.05) is 25.2 Å². The van der Waals surface area contributed by atoms with Crippen LogP contribution >= 0.6 is 24.2 Å². The minimum Gasteiger partial charge on any atom is -0.360 e. The van der Waals surface area contributed by atoms with E-state index in [1.807, 2.05) is 11.9 Å². The maximum absolute atomic E-state index is 12.3. The summed E-state index contributed by atoms with van der Waals surface area (Å²) in [6.07, 6.45) is 2.09. The average Bonchev–Trinajstić information content (AvgIpc) is 3.14. The first-order valence-electron chi connectivity index (χ1n) is 7.81. The Bertz CT molecular complexity index is 555. The summed E-state index contributed by atoms with van der Waals surface area (Å²) in [7, 11) is 1.90. The lowest BCUT2D eigenvalue weighted by atomic mass is 10.2. The molecular formula is C15H25ClN4O3S. The Balaban J connectivity index is 0.00000288. The van der Waals surface area contributed by atoms with Crippen LogP contribution in [0.15, 0.2) is 10.6 Å². The second-order valence-electron chi connectivity index (χ2n) is 5.71. The van der Waals surface area contributed by atoms with Gasteiger partial charge in [-0.1, -0.05) is 5.16 Å². The number of likely N-dealkylation sites (N-methyl/N-ethyl adjacent to an activating group) is 1. The highest BCUT2D eigenvalue weighted by Crippen LogP contribution is 2.20. The van der Waals surface area contributed by atoms with Gasteiger partial charge < -0.3 is 20.1 Å². The van der Waals surface area contributed by atoms with Crippen molar-refractivity contribution in [3.8, 4) is 0 Å². The molecule has 1 aliphatic heterocycles. The molecule has 0 spiro atoms. The molecule has 2 unspecified atom stereocenters. The molecule has 1 aromatic rings. The fourth-order valence-electron chi connectivity index (χ4n) is 2.62. The molecule has 2 heterocycles. The third-order valence-corrected chi connectivity index (χ3v) is 4.97. The number of anilines is 1. The number of aromatic nitrogens is 1. The van der Waals surface area contributed by atoms with Crippen molar-refractivity contribution in [1.82, 2.24) is 15.4 Å². The van der Waals surface area contributed by atoms with Gasteiger partial charge in [-0.05, 0) is 33.7 Å². The molecule has 1 fully saturated rings. The largest absolute Gasteiger partial charge is 0.360 e. The average molecular weight is 377 g/mol. The monoisotopic (exact) mass is 376 g/mol. The Labute approximate surface area is 152 Å². The number of hydrogen-bond donors (Lipinski definition) is 2. The summed E-state index contributed by atoms with van der Waals surface area (Å²) < 4.78 is 4.91. The Morgan fingerprint density at radius 3 is 2.92 bits per heavy atom. The molecular weight excluding hydrogens is 352 g/mol. The van der Waals surface area contributed by atoms with E-state index < -0.39 is 0 Å². The zero-order chi connectivity index (χ0) is 16.8. The summed E-state index contributed by atoms with van der Waals surface area (Å²) in [6, 6.07) is 1.93. The van der Waals surface area contributed by atoms with Gasteiger partial charge in [0.25, 0.3) is 0 Å². The van der Waals surface area contributed by atoms with E-state index in [0.29, 0.717) is 17.3 Å². The Kier molecular flexibility index (Phi) is 8.58. The van der Waals surface area contributed by atoms with E-state index in [2.05, 4.69) is 15.8 Å². The normalized spacial score (nSPS) is 18.1. The molecule has 0 aliphatic carbocycles. The van der Waals surface area contributed by atoms with Gasteiger partial charge in [-0.2, -0.15) is 0 Å². The predicted molar refractivity (Wildman–Crippen MR) is 97.7 cm³/mol. The highest BCUT2D eigenvalue weighted by molar-refractivity contribution is 8.01. The molecule has 2 N–H and O–H groups in total.